The molecule has 0 spiro atoms. The maximum atomic E-state index is 15.9. The minimum atomic E-state index is -4.63. The number of aryl methyl sites for hydroxylation is 15. The van der Waals surface area contributed by atoms with Crippen LogP contribution in [0.3, 0.4) is 0 Å². The Morgan fingerprint density at radius 3 is 0.667 bits per heavy atom. The number of hydrogen-bond donors (Lipinski definition) is 0. The van der Waals surface area contributed by atoms with Crippen molar-refractivity contribution in [1.82, 2.24) is 9.80 Å². The van der Waals surface area contributed by atoms with E-state index in [0.29, 0.717) is 115 Å². The Bertz CT molecular complexity index is 5250. The number of ketones is 3. The first-order valence-corrected chi connectivity index (χ1v) is 46.4. The van der Waals surface area contributed by atoms with Crippen LogP contribution >= 0.6 is 21.4 Å². The minimum Gasteiger partial charge on any atom is -0.303 e. The highest BCUT2D eigenvalue weighted by Crippen LogP contribution is 2.56. The van der Waals surface area contributed by atoms with Crippen LogP contribution < -0.4 is 15.9 Å². The van der Waals surface area contributed by atoms with Crippen molar-refractivity contribution in [2.24, 2.45) is 0 Å². The lowest BCUT2D eigenvalue weighted by atomic mass is 9.90. The molecule has 0 saturated carbocycles. The van der Waals surface area contributed by atoms with Crippen molar-refractivity contribution in [3.63, 3.8) is 0 Å². The van der Waals surface area contributed by atoms with Gasteiger partial charge in [0.1, 0.15) is 0 Å². The monoisotopic (exact) mass is 1630 g/mol. The molecule has 0 aliphatic carbocycles. The van der Waals surface area contributed by atoms with E-state index in [-0.39, 0.29) is 110 Å². The maximum Gasteiger partial charge on any atom is 0.248 e. The van der Waals surface area contributed by atoms with E-state index < -0.39 is 54.6 Å². The molecule has 3 atom stereocenters. The van der Waals surface area contributed by atoms with Crippen molar-refractivity contribution in [3.8, 4) is 0 Å². The van der Waals surface area contributed by atoms with Crippen LogP contribution in [0.15, 0.2) is 146 Å². The smallest absolute Gasteiger partial charge is 0.248 e. The molecule has 0 N–H and O–H groups in total. The topological polar surface area (TPSA) is 211 Å². The van der Waals surface area contributed by atoms with Gasteiger partial charge in [0, 0.05) is 105 Å². The number of Topliss-reactive ketones (excluding diaryl/α,β-unsaturated/α-hetero) is 3. The third-order valence-electron chi connectivity index (χ3n) is 23.4. The molecular weight excluding hydrogens is 1510 g/mol. The van der Waals surface area contributed by atoms with Gasteiger partial charge in [-0.05, 0) is 247 Å². The van der Waals surface area contributed by atoms with Crippen LogP contribution in [0.25, 0.3) is 0 Å². The molecule has 0 fully saturated rings. The first-order chi connectivity index (χ1) is 55.4. The molecule has 0 aromatic heterocycles. The van der Waals surface area contributed by atoms with Crippen molar-refractivity contribution in [2.45, 2.75) is 209 Å². The van der Waals surface area contributed by atoms with Gasteiger partial charge in [-0.3, -0.25) is 43.2 Å². The Morgan fingerprint density at radius 2 is 0.436 bits per heavy atom. The van der Waals surface area contributed by atoms with Gasteiger partial charge in [0.2, 0.25) is 54.6 Å². The summed E-state index contributed by atoms with van der Waals surface area (Å²) in [6.07, 6.45) is 8.38. The molecule has 117 heavy (non-hydrogen) atoms. The second-order valence-corrected chi connectivity index (χ2v) is 40.3. The molecule has 3 unspecified atom stereocenters. The van der Waals surface area contributed by atoms with Gasteiger partial charge in [-0.25, -0.2) is 0 Å². The molecule has 0 aliphatic heterocycles. The summed E-state index contributed by atoms with van der Waals surface area (Å²) in [4.78, 5) is 141. The second kappa shape index (κ2) is 39.5. The Hall–Kier alpha value is -9.38. The number of hydrogen-bond acceptors (Lipinski definition) is 14. The highest BCUT2D eigenvalue weighted by atomic mass is 31.2. The predicted molar refractivity (Wildman–Crippen MR) is 478 cm³/mol. The van der Waals surface area contributed by atoms with Gasteiger partial charge in [0.05, 0.1) is 0 Å². The lowest BCUT2D eigenvalue weighted by Crippen LogP contribution is -2.31. The van der Waals surface area contributed by atoms with E-state index in [9.17, 15) is 9.59 Å². The zero-order valence-corrected chi connectivity index (χ0v) is 74.9. The minimum absolute atomic E-state index is 0.0413. The molecule has 0 radical (unpaired) electrons. The Balaban J connectivity index is 0.981. The molecule has 0 aliphatic rings. The van der Waals surface area contributed by atoms with Gasteiger partial charge in [-0.15, -0.1) is 0 Å². The standard InChI is InChI=1S/C100H117N2O12P3/c1-20-21-22-23-35-47-101(50-44-83(103)89-71(11)59-74(14)92(77(89)17)98(109)115(112,80-38-29-26-30-39-80)95(106)86-65(5)53-62(2)54-66(86)6)48-36-24-25-37-49-102(51-45-84(104)90-72(12)60-75(15)93(78(90)18)99(110)116(113,81-40-31-27-32-41-81)96(107)87-67(7)55-63(3)56-68(87)8)52-46-85(105)91-73(13)61-76(16)94(79(91)19)100(111)117(114,82-42-33-28-34-43-82)97(108)88-69(9)57-64(4)58-70(88)10/h26-34,38-43,53-61H,20-25,35-37,44-52H2,1-19H3. The maximum absolute atomic E-state index is 15.9. The fraction of sp³-hybridized carbons (Fsp3) is 0.370. The second-order valence-electron chi connectivity index (χ2n) is 32.7. The van der Waals surface area contributed by atoms with Crippen molar-refractivity contribution in [3.05, 3.63) is 296 Å². The highest BCUT2D eigenvalue weighted by Gasteiger charge is 2.49. The first-order valence-electron chi connectivity index (χ1n) is 41.2. The lowest BCUT2D eigenvalue weighted by Gasteiger charge is -2.25. The van der Waals surface area contributed by atoms with E-state index in [4.69, 9.17) is 0 Å². The third-order valence-corrected chi connectivity index (χ3v) is 31.2. The number of benzene rings is 9. The quantitative estimate of drug-likeness (QED) is 0.0199. The van der Waals surface area contributed by atoms with Crippen LogP contribution in [0.1, 0.15) is 277 Å². The summed E-state index contributed by atoms with van der Waals surface area (Å²) >= 11 is 0. The van der Waals surface area contributed by atoms with Crippen LogP contribution in [-0.4, -0.2) is 99.6 Å². The molecule has 0 bridgehead atoms. The van der Waals surface area contributed by atoms with Crippen molar-refractivity contribution in [1.29, 1.82) is 0 Å². The number of nitrogens with zero attached hydrogens (tertiary/aromatic N) is 2. The van der Waals surface area contributed by atoms with Gasteiger partial charge < -0.3 is 23.5 Å². The largest absolute Gasteiger partial charge is 0.303 e. The van der Waals surface area contributed by atoms with E-state index >= 15 is 47.3 Å². The van der Waals surface area contributed by atoms with E-state index in [1.807, 2.05) is 64.1 Å². The summed E-state index contributed by atoms with van der Waals surface area (Å²) in [7, 11) is -13.8. The third kappa shape index (κ3) is 19.7. The first kappa shape index (κ1) is 91.5. The summed E-state index contributed by atoms with van der Waals surface area (Å²) in [5.74, 6) is -0.736. The van der Waals surface area contributed by atoms with Gasteiger partial charge >= 0.3 is 0 Å². The Kier molecular flexibility index (Phi) is 30.9. The van der Waals surface area contributed by atoms with Crippen LogP contribution in [0.4, 0.5) is 0 Å². The lowest BCUT2D eigenvalue weighted by molar-refractivity contribution is 0.0936. The van der Waals surface area contributed by atoms with E-state index in [0.717, 1.165) is 74.6 Å². The molecule has 0 heterocycles. The molecule has 9 aromatic rings. The molecule has 0 amide bonds. The summed E-state index contributed by atoms with van der Waals surface area (Å²) in [5, 5.41) is 0.316. The zero-order chi connectivity index (χ0) is 85.9. The highest BCUT2D eigenvalue weighted by molar-refractivity contribution is 8.02. The van der Waals surface area contributed by atoms with Crippen LogP contribution in [0.2, 0.25) is 0 Å². The molecule has 14 nitrogen and oxygen atoms in total. The fourth-order valence-corrected chi connectivity index (χ4v) is 25.7. The average Bonchev–Trinajstić information content (AvgIpc) is 0.749. The summed E-state index contributed by atoms with van der Waals surface area (Å²) < 4.78 is 47.5. The number of carbonyl (C=O) groups is 9. The molecule has 9 aromatic carbocycles. The van der Waals surface area contributed by atoms with Crippen molar-refractivity contribution >= 4 is 87.8 Å². The van der Waals surface area contributed by atoms with E-state index in [1.165, 1.54) is 0 Å². The zero-order valence-electron chi connectivity index (χ0n) is 72.2. The van der Waals surface area contributed by atoms with Crippen LogP contribution in [0.5, 0.6) is 0 Å². The molecular formula is C100H117N2O12P3. The molecule has 17 heteroatoms. The summed E-state index contributed by atoms with van der Waals surface area (Å²) in [6, 6.07) is 40.8. The van der Waals surface area contributed by atoms with Gasteiger partial charge in [0.15, 0.2) is 17.3 Å². The van der Waals surface area contributed by atoms with Crippen LogP contribution in [-0.2, 0) is 13.7 Å². The predicted octanol–water partition coefficient (Wildman–Crippen LogP) is 22.5. The van der Waals surface area contributed by atoms with Gasteiger partial charge in [-0.2, -0.15) is 0 Å². The number of rotatable bonds is 40. The van der Waals surface area contributed by atoms with Gasteiger partial charge in [0.25, 0.3) is 0 Å². The summed E-state index contributed by atoms with van der Waals surface area (Å²) in [5.41, 5.74) is 7.83. The summed E-state index contributed by atoms with van der Waals surface area (Å²) in [6.45, 7) is 37.1. The molecule has 614 valence electrons. The molecule has 9 rings (SSSR count). The number of carbonyl (C=O) groups excluding carboxylic acids is 9. The normalized spacial score (nSPS) is 13.1. The van der Waals surface area contributed by atoms with Crippen LogP contribution in [0, 0.1) is 125 Å². The SMILES string of the molecule is CCCCCCCN(CCCCCCN(CCC(=O)c1c(C)cc(C)c(C(=O)P(=O)(C(=O)c2c(C)cc(C)cc2C)c2ccccc2)c1C)CCC(=O)c1c(C)cc(C)c(C(=O)P(=O)(C(=O)c2c(C)cc(C)cc2C)c2ccccc2)c1C)CCC(=O)c1c(C)cc(C)c(C(=O)P(=O)(C(=O)c2c(C)cc(C)cc2C)c2ccccc2)c1C. The molecule has 0 saturated heterocycles. The van der Waals surface area contributed by atoms with Gasteiger partial charge in [-0.1, -0.05) is 208 Å². The average molecular weight is 1630 g/mol. The van der Waals surface area contributed by atoms with Crippen molar-refractivity contribution in [2.75, 3.05) is 39.3 Å². The Labute approximate surface area is 694 Å². The fourth-order valence-electron chi connectivity index (χ4n) is 18.0. The van der Waals surface area contributed by atoms with E-state index in [1.54, 1.807) is 206 Å². The number of unbranched alkanes of at least 4 members (excludes halogenated alkanes) is 7. The van der Waals surface area contributed by atoms with E-state index in [2.05, 4.69) is 16.7 Å². The van der Waals surface area contributed by atoms with Crippen molar-refractivity contribution < 1.29 is 56.8 Å². The Morgan fingerprint density at radius 1 is 0.239 bits per heavy atom.